The van der Waals surface area contributed by atoms with E-state index < -0.39 is 0 Å². The normalized spacial score (nSPS) is 14.9. The first kappa shape index (κ1) is 14.5. The average molecular weight is 260 g/mol. The Morgan fingerprint density at radius 1 is 1.59 bits per heavy atom. The molecule has 0 aliphatic carbocycles. The molecule has 1 rings (SSSR count). The minimum Gasteiger partial charge on any atom is -0.383 e. The minimum absolute atomic E-state index is 0.0678. The summed E-state index contributed by atoms with van der Waals surface area (Å²) in [4.78, 5) is 0. The third-order valence-corrected chi connectivity index (χ3v) is 3.30. The second kappa shape index (κ2) is 6.99. The summed E-state index contributed by atoms with van der Waals surface area (Å²) in [6.07, 6.45) is 3.87. The molecule has 0 saturated heterocycles. The SMILES string of the molecule is CCCC(C)C(N)c1c(Cl)cnn1CCOC. The summed E-state index contributed by atoms with van der Waals surface area (Å²) in [5.41, 5.74) is 7.18. The van der Waals surface area contributed by atoms with Crippen LogP contribution in [0.15, 0.2) is 6.20 Å². The first-order chi connectivity index (χ1) is 8.11. The molecule has 0 saturated carbocycles. The number of aromatic nitrogens is 2. The van der Waals surface area contributed by atoms with Crippen molar-refractivity contribution >= 4 is 11.6 Å². The Morgan fingerprint density at radius 2 is 2.29 bits per heavy atom. The van der Waals surface area contributed by atoms with Crippen LogP contribution in [0, 0.1) is 5.92 Å². The van der Waals surface area contributed by atoms with Gasteiger partial charge in [-0.1, -0.05) is 31.9 Å². The summed E-state index contributed by atoms with van der Waals surface area (Å²) in [5.74, 6) is 0.399. The van der Waals surface area contributed by atoms with Gasteiger partial charge in [-0.3, -0.25) is 4.68 Å². The molecule has 4 nitrogen and oxygen atoms in total. The maximum atomic E-state index is 6.26. The zero-order valence-corrected chi connectivity index (χ0v) is 11.6. The van der Waals surface area contributed by atoms with Crippen molar-refractivity contribution in [1.29, 1.82) is 0 Å². The monoisotopic (exact) mass is 259 g/mol. The van der Waals surface area contributed by atoms with Crippen LogP contribution >= 0.6 is 11.6 Å². The maximum absolute atomic E-state index is 6.26. The van der Waals surface area contributed by atoms with E-state index >= 15 is 0 Å². The summed E-state index contributed by atoms with van der Waals surface area (Å²) in [7, 11) is 1.67. The Labute approximate surface area is 108 Å². The molecular weight excluding hydrogens is 238 g/mol. The van der Waals surface area contributed by atoms with E-state index in [1.165, 1.54) is 0 Å². The van der Waals surface area contributed by atoms with Gasteiger partial charge in [0.25, 0.3) is 0 Å². The molecule has 0 bridgehead atoms. The smallest absolute Gasteiger partial charge is 0.0834 e. The first-order valence-electron chi connectivity index (χ1n) is 6.07. The Bertz CT molecular complexity index is 340. The standard InChI is InChI=1S/C12H22ClN3O/c1-4-5-9(2)11(14)12-10(13)8-15-16(12)6-7-17-3/h8-9,11H,4-7,14H2,1-3H3. The van der Waals surface area contributed by atoms with Crippen LogP contribution in [0.4, 0.5) is 0 Å². The van der Waals surface area contributed by atoms with E-state index in [0.717, 1.165) is 18.5 Å². The Morgan fingerprint density at radius 3 is 2.88 bits per heavy atom. The van der Waals surface area contributed by atoms with E-state index in [9.17, 15) is 0 Å². The Hall–Kier alpha value is -0.580. The van der Waals surface area contributed by atoms with E-state index in [1.54, 1.807) is 13.3 Å². The van der Waals surface area contributed by atoms with Gasteiger partial charge in [0.2, 0.25) is 0 Å². The maximum Gasteiger partial charge on any atom is 0.0834 e. The van der Waals surface area contributed by atoms with Gasteiger partial charge in [-0.15, -0.1) is 0 Å². The summed E-state index contributed by atoms with van der Waals surface area (Å²) in [5, 5.41) is 4.89. The third-order valence-electron chi connectivity index (χ3n) is 3.01. The van der Waals surface area contributed by atoms with E-state index in [4.69, 9.17) is 22.1 Å². The van der Waals surface area contributed by atoms with Crippen LogP contribution in [-0.4, -0.2) is 23.5 Å². The van der Waals surface area contributed by atoms with E-state index in [0.29, 0.717) is 24.1 Å². The lowest BCUT2D eigenvalue weighted by atomic mass is 9.95. The molecule has 0 fully saturated rings. The van der Waals surface area contributed by atoms with Crippen LogP contribution in [0.2, 0.25) is 5.02 Å². The summed E-state index contributed by atoms with van der Waals surface area (Å²) >= 11 is 6.16. The van der Waals surface area contributed by atoms with Gasteiger partial charge in [0.1, 0.15) is 0 Å². The van der Waals surface area contributed by atoms with Crippen LogP contribution in [0.25, 0.3) is 0 Å². The second-order valence-corrected chi connectivity index (χ2v) is 4.79. The fraction of sp³-hybridized carbons (Fsp3) is 0.750. The largest absolute Gasteiger partial charge is 0.383 e. The van der Waals surface area contributed by atoms with Crippen LogP contribution in [0.3, 0.4) is 0 Å². The third kappa shape index (κ3) is 3.69. The summed E-state index contributed by atoms with van der Waals surface area (Å²) in [6.45, 7) is 5.61. The lowest BCUT2D eigenvalue weighted by Gasteiger charge is -2.21. The number of nitrogens with two attached hydrogens (primary N) is 1. The molecule has 98 valence electrons. The summed E-state index contributed by atoms with van der Waals surface area (Å²) < 4.78 is 6.90. The number of nitrogens with zero attached hydrogens (tertiary/aromatic N) is 2. The van der Waals surface area contributed by atoms with Crippen LogP contribution in [0.1, 0.15) is 38.4 Å². The molecule has 2 atom stereocenters. The molecule has 0 aliphatic rings. The van der Waals surface area contributed by atoms with Crippen molar-refractivity contribution in [3.8, 4) is 0 Å². The molecule has 1 heterocycles. The van der Waals surface area contributed by atoms with Gasteiger partial charge in [0, 0.05) is 7.11 Å². The van der Waals surface area contributed by atoms with Crippen molar-refractivity contribution in [1.82, 2.24) is 9.78 Å². The fourth-order valence-corrected chi connectivity index (χ4v) is 2.23. The number of ether oxygens (including phenoxy) is 1. The number of halogens is 1. The van der Waals surface area contributed by atoms with Crippen LogP contribution in [0.5, 0.6) is 0 Å². The van der Waals surface area contributed by atoms with Crippen molar-refractivity contribution in [2.75, 3.05) is 13.7 Å². The van der Waals surface area contributed by atoms with Crippen molar-refractivity contribution < 1.29 is 4.74 Å². The predicted molar refractivity (Wildman–Crippen MR) is 70.1 cm³/mol. The lowest BCUT2D eigenvalue weighted by Crippen LogP contribution is -2.24. The Balaban J connectivity index is 2.83. The van der Waals surface area contributed by atoms with Gasteiger partial charge in [-0.25, -0.2) is 0 Å². The number of rotatable bonds is 7. The molecule has 2 N–H and O–H groups in total. The van der Waals surface area contributed by atoms with Crippen LogP contribution < -0.4 is 5.73 Å². The molecule has 5 heteroatoms. The van der Waals surface area contributed by atoms with Gasteiger partial charge in [-0.05, 0) is 12.3 Å². The molecule has 2 unspecified atom stereocenters. The molecule has 0 aliphatic heterocycles. The highest BCUT2D eigenvalue weighted by Crippen LogP contribution is 2.28. The highest BCUT2D eigenvalue weighted by molar-refractivity contribution is 6.31. The van der Waals surface area contributed by atoms with Gasteiger partial charge in [0.15, 0.2) is 0 Å². The quantitative estimate of drug-likeness (QED) is 0.819. The van der Waals surface area contributed by atoms with Gasteiger partial charge < -0.3 is 10.5 Å². The van der Waals surface area contributed by atoms with Crippen LogP contribution in [-0.2, 0) is 11.3 Å². The zero-order valence-electron chi connectivity index (χ0n) is 10.8. The lowest BCUT2D eigenvalue weighted by molar-refractivity contribution is 0.181. The van der Waals surface area contributed by atoms with Crippen molar-refractivity contribution in [2.24, 2.45) is 11.7 Å². The number of hydrogen-bond acceptors (Lipinski definition) is 3. The molecule has 1 aromatic rings. The fourth-order valence-electron chi connectivity index (χ4n) is 1.96. The molecule has 0 amide bonds. The molecule has 0 spiro atoms. The highest BCUT2D eigenvalue weighted by atomic mass is 35.5. The highest BCUT2D eigenvalue weighted by Gasteiger charge is 2.21. The van der Waals surface area contributed by atoms with Gasteiger partial charge in [0.05, 0.1) is 36.1 Å². The van der Waals surface area contributed by atoms with E-state index in [2.05, 4.69) is 18.9 Å². The Kier molecular flexibility index (Phi) is 5.95. The average Bonchev–Trinajstić information content (AvgIpc) is 2.67. The minimum atomic E-state index is -0.0678. The topological polar surface area (TPSA) is 53.1 Å². The predicted octanol–water partition coefficient (Wildman–Crippen LogP) is 2.62. The molecular formula is C12H22ClN3O. The molecule has 1 aromatic heterocycles. The van der Waals surface area contributed by atoms with E-state index in [-0.39, 0.29) is 6.04 Å². The van der Waals surface area contributed by atoms with Crippen molar-refractivity contribution in [3.63, 3.8) is 0 Å². The van der Waals surface area contributed by atoms with Gasteiger partial charge in [-0.2, -0.15) is 5.10 Å². The zero-order chi connectivity index (χ0) is 12.8. The molecule has 0 radical (unpaired) electrons. The number of methoxy groups -OCH3 is 1. The van der Waals surface area contributed by atoms with E-state index in [1.807, 2.05) is 4.68 Å². The molecule has 17 heavy (non-hydrogen) atoms. The molecule has 0 aromatic carbocycles. The van der Waals surface area contributed by atoms with Crippen molar-refractivity contribution in [3.05, 3.63) is 16.9 Å². The second-order valence-electron chi connectivity index (χ2n) is 4.39. The van der Waals surface area contributed by atoms with Crippen molar-refractivity contribution in [2.45, 2.75) is 39.3 Å². The number of hydrogen-bond donors (Lipinski definition) is 1. The summed E-state index contributed by atoms with van der Waals surface area (Å²) in [6, 6.07) is -0.0678. The first-order valence-corrected chi connectivity index (χ1v) is 6.45. The van der Waals surface area contributed by atoms with Gasteiger partial charge >= 0.3 is 0 Å².